The van der Waals surface area contributed by atoms with Crippen LogP contribution in [0.3, 0.4) is 0 Å². The summed E-state index contributed by atoms with van der Waals surface area (Å²) in [4.78, 5) is 4.79. The SMILES string of the molecule is CCCCc1nc(CC(C)C)nn1Cc1ccc(-n2c(C#N)ccc2-c2nnn[nH]2)cc1. The number of rotatable bonds is 9. The van der Waals surface area contributed by atoms with Crippen LogP contribution in [-0.4, -0.2) is 40.0 Å². The van der Waals surface area contributed by atoms with Gasteiger partial charge in [0.05, 0.1) is 12.2 Å². The summed E-state index contributed by atoms with van der Waals surface area (Å²) in [6.07, 6.45) is 4.04. The Balaban J connectivity index is 1.60. The zero-order chi connectivity index (χ0) is 22.5. The fourth-order valence-electron chi connectivity index (χ4n) is 3.70. The molecule has 1 aromatic carbocycles. The second kappa shape index (κ2) is 9.56. The second-order valence-electron chi connectivity index (χ2n) is 8.27. The third kappa shape index (κ3) is 4.59. The van der Waals surface area contributed by atoms with E-state index >= 15 is 0 Å². The highest BCUT2D eigenvalue weighted by molar-refractivity contribution is 5.58. The Morgan fingerprint density at radius 3 is 2.59 bits per heavy atom. The van der Waals surface area contributed by atoms with Crippen molar-refractivity contribution in [3.63, 3.8) is 0 Å². The van der Waals surface area contributed by atoms with E-state index in [2.05, 4.69) is 59.6 Å². The summed E-state index contributed by atoms with van der Waals surface area (Å²) in [5.41, 5.74) is 3.24. The molecule has 1 N–H and O–H groups in total. The highest BCUT2D eigenvalue weighted by Crippen LogP contribution is 2.24. The number of aryl methyl sites for hydroxylation is 1. The number of H-pyrrole nitrogens is 1. The van der Waals surface area contributed by atoms with E-state index in [9.17, 15) is 5.26 Å². The van der Waals surface area contributed by atoms with Gasteiger partial charge in [-0.2, -0.15) is 10.4 Å². The Morgan fingerprint density at radius 1 is 1.12 bits per heavy atom. The molecule has 4 rings (SSSR count). The van der Waals surface area contributed by atoms with Gasteiger partial charge in [0.25, 0.3) is 0 Å². The van der Waals surface area contributed by atoms with Crippen molar-refractivity contribution in [3.05, 3.63) is 59.3 Å². The molecule has 0 saturated heterocycles. The van der Waals surface area contributed by atoms with Gasteiger partial charge >= 0.3 is 0 Å². The van der Waals surface area contributed by atoms with Crippen molar-refractivity contribution < 1.29 is 0 Å². The van der Waals surface area contributed by atoms with E-state index in [4.69, 9.17) is 10.1 Å². The summed E-state index contributed by atoms with van der Waals surface area (Å²) < 4.78 is 3.87. The van der Waals surface area contributed by atoms with Crippen LogP contribution in [0.1, 0.15) is 56.5 Å². The second-order valence-corrected chi connectivity index (χ2v) is 8.27. The normalized spacial score (nSPS) is 11.2. The van der Waals surface area contributed by atoms with Gasteiger partial charge in [-0.15, -0.1) is 5.10 Å². The van der Waals surface area contributed by atoms with Gasteiger partial charge in [-0.05, 0) is 52.6 Å². The van der Waals surface area contributed by atoms with Crippen molar-refractivity contribution in [2.75, 3.05) is 0 Å². The van der Waals surface area contributed by atoms with Crippen LogP contribution in [0.4, 0.5) is 0 Å². The minimum absolute atomic E-state index is 0.511. The summed E-state index contributed by atoms with van der Waals surface area (Å²) in [5.74, 6) is 2.99. The van der Waals surface area contributed by atoms with Crippen molar-refractivity contribution >= 4 is 0 Å². The van der Waals surface area contributed by atoms with Crippen molar-refractivity contribution in [1.82, 2.24) is 40.0 Å². The molecule has 3 heterocycles. The third-order valence-electron chi connectivity index (χ3n) is 5.25. The molecule has 32 heavy (non-hydrogen) atoms. The summed E-state index contributed by atoms with van der Waals surface area (Å²) in [6.45, 7) is 7.23. The lowest BCUT2D eigenvalue weighted by molar-refractivity contribution is 0.592. The monoisotopic (exact) mass is 429 g/mol. The lowest BCUT2D eigenvalue weighted by atomic mass is 10.1. The predicted molar refractivity (Wildman–Crippen MR) is 120 cm³/mol. The van der Waals surface area contributed by atoms with E-state index in [1.165, 1.54) is 0 Å². The van der Waals surface area contributed by atoms with Crippen molar-refractivity contribution in [1.29, 1.82) is 5.26 Å². The minimum atomic E-state index is 0.511. The predicted octanol–water partition coefficient (Wildman–Crippen LogP) is 3.71. The molecule has 0 fully saturated rings. The summed E-state index contributed by atoms with van der Waals surface area (Å²) in [6, 6.07) is 14.0. The number of benzene rings is 1. The van der Waals surface area contributed by atoms with Crippen LogP contribution in [0.2, 0.25) is 0 Å². The van der Waals surface area contributed by atoms with E-state index in [-0.39, 0.29) is 0 Å². The fraction of sp³-hybridized carbons (Fsp3) is 0.391. The van der Waals surface area contributed by atoms with Crippen LogP contribution < -0.4 is 0 Å². The number of hydrogen-bond acceptors (Lipinski definition) is 6. The molecule has 0 unspecified atom stereocenters. The van der Waals surface area contributed by atoms with E-state index < -0.39 is 0 Å². The molecule has 0 bridgehead atoms. The van der Waals surface area contributed by atoms with Gasteiger partial charge < -0.3 is 0 Å². The fourth-order valence-corrected chi connectivity index (χ4v) is 3.70. The van der Waals surface area contributed by atoms with Gasteiger partial charge in [-0.1, -0.05) is 39.3 Å². The Morgan fingerprint density at radius 2 is 1.94 bits per heavy atom. The number of tetrazole rings is 1. The Kier molecular flexibility index (Phi) is 6.40. The molecule has 0 saturated carbocycles. The number of nitrogens with one attached hydrogen (secondary N) is 1. The first-order valence-corrected chi connectivity index (χ1v) is 11.0. The van der Waals surface area contributed by atoms with Crippen LogP contribution in [0.25, 0.3) is 17.2 Å². The molecule has 0 amide bonds. The molecule has 0 aliphatic rings. The van der Waals surface area contributed by atoms with Crippen LogP contribution in [-0.2, 0) is 19.4 Å². The Hall–Kier alpha value is -3.80. The number of nitrogens with zero attached hydrogens (tertiary/aromatic N) is 8. The lowest BCUT2D eigenvalue weighted by Crippen LogP contribution is -2.08. The van der Waals surface area contributed by atoms with E-state index in [1.54, 1.807) is 6.07 Å². The molecular formula is C23H27N9. The minimum Gasteiger partial charge on any atom is -0.298 e. The van der Waals surface area contributed by atoms with Gasteiger partial charge in [-0.25, -0.2) is 14.8 Å². The van der Waals surface area contributed by atoms with Crippen LogP contribution >= 0.6 is 0 Å². The number of aromatic amines is 1. The van der Waals surface area contributed by atoms with E-state index in [0.717, 1.165) is 54.3 Å². The number of aromatic nitrogens is 8. The molecule has 0 aliphatic heterocycles. The van der Waals surface area contributed by atoms with Gasteiger partial charge in [0.15, 0.2) is 11.6 Å². The topological polar surface area (TPSA) is 114 Å². The maximum Gasteiger partial charge on any atom is 0.196 e. The zero-order valence-corrected chi connectivity index (χ0v) is 18.7. The van der Waals surface area contributed by atoms with Crippen molar-refractivity contribution in [3.8, 4) is 23.3 Å². The molecular weight excluding hydrogens is 402 g/mol. The van der Waals surface area contributed by atoms with Gasteiger partial charge in [0.2, 0.25) is 0 Å². The quantitative estimate of drug-likeness (QED) is 0.434. The van der Waals surface area contributed by atoms with Gasteiger partial charge in [-0.3, -0.25) is 4.57 Å². The van der Waals surface area contributed by atoms with Crippen LogP contribution in [0, 0.1) is 17.2 Å². The van der Waals surface area contributed by atoms with Crippen molar-refractivity contribution in [2.45, 2.75) is 53.0 Å². The summed E-state index contributed by atoms with van der Waals surface area (Å²) >= 11 is 0. The first-order valence-electron chi connectivity index (χ1n) is 11.0. The maximum absolute atomic E-state index is 9.55. The lowest BCUT2D eigenvalue weighted by Gasteiger charge is -2.11. The average Bonchev–Trinajstić information content (AvgIpc) is 3.52. The van der Waals surface area contributed by atoms with Crippen molar-refractivity contribution in [2.24, 2.45) is 5.92 Å². The molecule has 4 aromatic rings. The molecule has 0 aliphatic carbocycles. The molecule has 164 valence electrons. The maximum atomic E-state index is 9.55. The van der Waals surface area contributed by atoms with Crippen LogP contribution in [0.15, 0.2) is 36.4 Å². The molecule has 9 nitrogen and oxygen atoms in total. The highest BCUT2D eigenvalue weighted by atomic mass is 15.5. The first kappa shape index (κ1) is 21.4. The first-order chi connectivity index (χ1) is 15.6. The third-order valence-corrected chi connectivity index (χ3v) is 5.25. The highest BCUT2D eigenvalue weighted by Gasteiger charge is 2.15. The molecule has 0 atom stereocenters. The Labute approximate surface area is 187 Å². The Bertz CT molecular complexity index is 1190. The summed E-state index contributed by atoms with van der Waals surface area (Å²) in [5, 5.41) is 28.4. The van der Waals surface area contributed by atoms with E-state index in [0.29, 0.717) is 24.0 Å². The largest absolute Gasteiger partial charge is 0.298 e. The number of hydrogen-bond donors (Lipinski definition) is 1. The number of unbranched alkanes of at least 4 members (excludes halogenated alkanes) is 1. The number of nitriles is 1. The summed E-state index contributed by atoms with van der Waals surface area (Å²) in [7, 11) is 0. The molecule has 0 spiro atoms. The smallest absolute Gasteiger partial charge is 0.196 e. The zero-order valence-electron chi connectivity index (χ0n) is 18.7. The van der Waals surface area contributed by atoms with Gasteiger partial charge in [0, 0.05) is 18.5 Å². The standard InChI is InChI=1S/C23H27N9/c1-4-5-6-22-25-21(13-16(2)3)28-31(22)15-17-7-9-18(10-8-17)32-19(14-24)11-12-20(32)23-26-29-30-27-23/h7-12,16H,4-6,13,15H2,1-3H3,(H,26,27,29,30). The molecule has 9 heteroatoms. The molecule has 0 radical (unpaired) electrons. The van der Waals surface area contributed by atoms with Gasteiger partial charge in [0.1, 0.15) is 17.6 Å². The average molecular weight is 430 g/mol. The van der Waals surface area contributed by atoms with E-state index in [1.807, 2.05) is 27.4 Å². The molecule has 3 aromatic heterocycles. The van der Waals surface area contributed by atoms with Crippen LogP contribution in [0.5, 0.6) is 0 Å².